The number of alkyl halides is 3. The first-order valence-electron chi connectivity index (χ1n) is 8.34. The quantitative estimate of drug-likeness (QED) is 0.480. The highest BCUT2D eigenvalue weighted by atomic mass is 32.1. The van der Waals surface area contributed by atoms with Crippen LogP contribution in [0, 0.1) is 6.92 Å². The van der Waals surface area contributed by atoms with E-state index in [-0.39, 0.29) is 11.0 Å². The van der Waals surface area contributed by atoms with Crippen molar-refractivity contribution in [1.29, 1.82) is 0 Å². The Labute approximate surface area is 167 Å². The van der Waals surface area contributed by atoms with Gasteiger partial charge in [0, 0.05) is 18.1 Å². The number of aliphatic hydroxyl groups is 3. The van der Waals surface area contributed by atoms with Gasteiger partial charge in [0.1, 0.15) is 10.7 Å². The minimum Gasteiger partial charge on any atom is -0.393 e. The van der Waals surface area contributed by atoms with E-state index in [1.165, 1.54) is 6.20 Å². The molecule has 0 aliphatic rings. The largest absolute Gasteiger partial charge is 0.433 e. The SMILES string of the molecule is Cc1cc(Nc2nccc(C(F)(F)F)n2)cc(-c2cnc(C(O)(CO)CO)s2)c1. The zero-order chi connectivity index (χ0) is 21.2. The van der Waals surface area contributed by atoms with Gasteiger partial charge in [-0.25, -0.2) is 15.0 Å². The van der Waals surface area contributed by atoms with E-state index in [0.717, 1.165) is 29.2 Å². The summed E-state index contributed by atoms with van der Waals surface area (Å²) in [6, 6.07) is 6.00. The van der Waals surface area contributed by atoms with E-state index in [4.69, 9.17) is 0 Å². The molecule has 0 saturated carbocycles. The number of aryl methyl sites for hydroxylation is 1. The third-order valence-corrected chi connectivity index (χ3v) is 5.23. The predicted octanol–water partition coefficient (Wildman–Crippen LogP) is 2.84. The second kappa shape index (κ2) is 8.03. The molecule has 3 rings (SSSR count). The van der Waals surface area contributed by atoms with Gasteiger partial charge >= 0.3 is 6.18 Å². The van der Waals surface area contributed by atoms with Crippen molar-refractivity contribution in [2.45, 2.75) is 18.7 Å². The molecule has 2 aromatic heterocycles. The van der Waals surface area contributed by atoms with Crippen LogP contribution in [0.2, 0.25) is 0 Å². The average Bonchev–Trinajstić information content (AvgIpc) is 3.17. The Morgan fingerprint density at radius 1 is 1.10 bits per heavy atom. The summed E-state index contributed by atoms with van der Waals surface area (Å²) in [6.45, 7) is 0.426. The van der Waals surface area contributed by atoms with Gasteiger partial charge < -0.3 is 20.6 Å². The molecule has 0 bridgehead atoms. The molecule has 11 heteroatoms. The number of aromatic nitrogens is 3. The van der Waals surface area contributed by atoms with Gasteiger partial charge in [-0.15, -0.1) is 11.3 Å². The van der Waals surface area contributed by atoms with Crippen molar-refractivity contribution in [3.05, 3.63) is 52.9 Å². The van der Waals surface area contributed by atoms with E-state index in [2.05, 4.69) is 20.3 Å². The first-order valence-corrected chi connectivity index (χ1v) is 9.16. The number of hydrogen-bond acceptors (Lipinski definition) is 8. The first-order chi connectivity index (χ1) is 13.6. The van der Waals surface area contributed by atoms with Gasteiger partial charge in [0.25, 0.3) is 0 Å². The molecular formula is C18H17F3N4O3S. The summed E-state index contributed by atoms with van der Waals surface area (Å²) in [6.07, 6.45) is -2.07. The molecule has 0 fully saturated rings. The Hall–Kier alpha value is -2.60. The lowest BCUT2D eigenvalue weighted by Gasteiger charge is -2.19. The van der Waals surface area contributed by atoms with E-state index >= 15 is 0 Å². The number of benzene rings is 1. The lowest BCUT2D eigenvalue weighted by atomic mass is 10.1. The summed E-state index contributed by atoms with van der Waals surface area (Å²) in [4.78, 5) is 12.0. The van der Waals surface area contributed by atoms with Crippen molar-refractivity contribution in [2.24, 2.45) is 0 Å². The summed E-state index contributed by atoms with van der Waals surface area (Å²) in [5.41, 5.74) is -0.941. The van der Waals surface area contributed by atoms with Gasteiger partial charge in [-0.3, -0.25) is 0 Å². The predicted molar refractivity (Wildman–Crippen MR) is 101 cm³/mol. The van der Waals surface area contributed by atoms with Crippen molar-refractivity contribution in [3.8, 4) is 10.4 Å². The molecule has 0 amide bonds. The van der Waals surface area contributed by atoms with Gasteiger partial charge in [0.05, 0.1) is 18.1 Å². The molecule has 0 atom stereocenters. The van der Waals surface area contributed by atoms with Crippen LogP contribution in [0.15, 0.2) is 36.7 Å². The third kappa shape index (κ3) is 4.70. The van der Waals surface area contributed by atoms with E-state index in [1.54, 1.807) is 19.1 Å². The molecule has 2 heterocycles. The summed E-state index contributed by atoms with van der Waals surface area (Å²) >= 11 is 1.08. The number of nitrogens with one attached hydrogen (secondary N) is 1. The van der Waals surface area contributed by atoms with Crippen molar-refractivity contribution >= 4 is 23.0 Å². The van der Waals surface area contributed by atoms with Gasteiger partial charge in [-0.2, -0.15) is 13.2 Å². The van der Waals surface area contributed by atoms with Crippen LogP contribution in [0.1, 0.15) is 16.3 Å². The number of nitrogens with zero attached hydrogens (tertiary/aromatic N) is 3. The summed E-state index contributed by atoms with van der Waals surface area (Å²) in [5, 5.41) is 31.7. The molecular weight excluding hydrogens is 409 g/mol. The number of halogens is 3. The molecule has 0 aliphatic heterocycles. The molecule has 0 spiro atoms. The molecule has 29 heavy (non-hydrogen) atoms. The van der Waals surface area contributed by atoms with E-state index in [9.17, 15) is 28.5 Å². The number of anilines is 2. The smallest absolute Gasteiger partial charge is 0.393 e. The normalized spacial score (nSPS) is 12.2. The maximum atomic E-state index is 12.8. The Morgan fingerprint density at radius 2 is 1.83 bits per heavy atom. The highest BCUT2D eigenvalue weighted by molar-refractivity contribution is 7.15. The molecule has 7 nitrogen and oxygen atoms in total. The van der Waals surface area contributed by atoms with Gasteiger partial charge in [0.2, 0.25) is 5.95 Å². The molecule has 1 aromatic carbocycles. The molecule has 0 unspecified atom stereocenters. The van der Waals surface area contributed by atoms with Gasteiger partial charge in [-0.1, -0.05) is 6.07 Å². The van der Waals surface area contributed by atoms with E-state index in [1.807, 2.05) is 6.07 Å². The lowest BCUT2D eigenvalue weighted by Crippen LogP contribution is -2.34. The van der Waals surface area contributed by atoms with Crippen molar-refractivity contribution < 1.29 is 28.5 Å². The van der Waals surface area contributed by atoms with Crippen molar-refractivity contribution in [1.82, 2.24) is 15.0 Å². The first kappa shape index (κ1) is 21.1. The topological polar surface area (TPSA) is 111 Å². The Bertz CT molecular complexity index is 1010. The second-order valence-corrected chi connectivity index (χ2v) is 7.38. The van der Waals surface area contributed by atoms with Gasteiger partial charge in [0.15, 0.2) is 5.60 Å². The zero-order valence-corrected chi connectivity index (χ0v) is 15.9. The zero-order valence-electron chi connectivity index (χ0n) is 15.1. The fraction of sp³-hybridized carbons (Fsp3) is 0.278. The third-order valence-electron chi connectivity index (χ3n) is 3.99. The Kier molecular flexibility index (Phi) is 5.85. The fourth-order valence-electron chi connectivity index (χ4n) is 2.51. The summed E-state index contributed by atoms with van der Waals surface area (Å²) < 4.78 is 38.5. The highest BCUT2D eigenvalue weighted by Crippen LogP contribution is 2.34. The Balaban J connectivity index is 1.91. The maximum absolute atomic E-state index is 12.8. The van der Waals surface area contributed by atoms with Crippen LogP contribution in [0.3, 0.4) is 0 Å². The molecule has 3 aromatic rings. The van der Waals surface area contributed by atoms with Crippen molar-refractivity contribution in [2.75, 3.05) is 18.5 Å². The number of hydrogen-bond donors (Lipinski definition) is 4. The summed E-state index contributed by atoms with van der Waals surface area (Å²) in [5.74, 6) is -0.198. The average molecular weight is 426 g/mol. The molecule has 0 aliphatic carbocycles. The summed E-state index contributed by atoms with van der Waals surface area (Å²) in [7, 11) is 0. The maximum Gasteiger partial charge on any atom is 0.433 e. The molecule has 0 saturated heterocycles. The number of thiazole rings is 1. The highest BCUT2D eigenvalue weighted by Gasteiger charge is 2.33. The molecule has 4 N–H and O–H groups in total. The Morgan fingerprint density at radius 3 is 2.48 bits per heavy atom. The number of aliphatic hydroxyl groups excluding tert-OH is 2. The fourth-order valence-corrected chi connectivity index (χ4v) is 3.49. The van der Waals surface area contributed by atoms with Crippen LogP contribution in [0.25, 0.3) is 10.4 Å². The van der Waals surface area contributed by atoms with Crippen LogP contribution in [-0.2, 0) is 11.8 Å². The standard InChI is InChI=1S/C18H17F3N4O3S/c1-10-4-11(13-7-23-15(29-13)17(28,8-26)9-27)6-12(5-10)24-16-22-3-2-14(25-16)18(19,20)21/h2-7,26-28H,8-9H2,1H3,(H,22,24,25). The van der Waals surface area contributed by atoms with Crippen LogP contribution in [0.4, 0.5) is 24.8 Å². The van der Waals surface area contributed by atoms with E-state index in [0.29, 0.717) is 16.1 Å². The van der Waals surface area contributed by atoms with Gasteiger partial charge in [-0.05, 0) is 36.2 Å². The van der Waals surface area contributed by atoms with Crippen LogP contribution >= 0.6 is 11.3 Å². The van der Waals surface area contributed by atoms with Crippen LogP contribution in [0.5, 0.6) is 0 Å². The lowest BCUT2D eigenvalue weighted by molar-refractivity contribution is -0.141. The molecule has 0 radical (unpaired) electrons. The van der Waals surface area contributed by atoms with Crippen LogP contribution < -0.4 is 5.32 Å². The second-order valence-electron chi connectivity index (χ2n) is 6.35. The monoisotopic (exact) mass is 426 g/mol. The minimum atomic E-state index is -4.58. The van der Waals surface area contributed by atoms with Crippen molar-refractivity contribution in [3.63, 3.8) is 0 Å². The van der Waals surface area contributed by atoms with Crippen LogP contribution in [-0.4, -0.2) is 43.5 Å². The molecule has 154 valence electrons. The van der Waals surface area contributed by atoms with E-state index < -0.39 is 30.7 Å². The number of rotatable bonds is 6. The minimum absolute atomic E-state index is 0.148.